The van der Waals surface area contributed by atoms with Crippen molar-refractivity contribution in [2.24, 2.45) is 0 Å². The summed E-state index contributed by atoms with van der Waals surface area (Å²) in [5.74, 6) is 1.57. The summed E-state index contributed by atoms with van der Waals surface area (Å²) in [6, 6.07) is 12.1. The maximum absolute atomic E-state index is 12.2. The first kappa shape index (κ1) is 18.7. The van der Waals surface area contributed by atoms with Crippen molar-refractivity contribution in [3.8, 4) is 17.1 Å². The number of ether oxygens (including phenoxy) is 1. The highest BCUT2D eigenvalue weighted by Crippen LogP contribution is 2.36. The maximum Gasteiger partial charge on any atom is 0.226 e. The molecule has 1 N–H and O–H groups in total. The van der Waals surface area contributed by atoms with Crippen LogP contribution in [-0.2, 0) is 17.6 Å². The van der Waals surface area contributed by atoms with Crippen molar-refractivity contribution in [1.82, 2.24) is 20.3 Å². The monoisotopic (exact) mass is 416 g/mol. The lowest BCUT2D eigenvalue weighted by atomic mass is 9.99. The van der Waals surface area contributed by atoms with Crippen molar-refractivity contribution in [3.05, 3.63) is 70.4 Å². The van der Waals surface area contributed by atoms with E-state index in [1.807, 2.05) is 30.5 Å². The van der Waals surface area contributed by atoms with Gasteiger partial charge in [0.05, 0.1) is 23.7 Å². The summed E-state index contributed by atoms with van der Waals surface area (Å²) in [4.78, 5) is 25.2. The maximum atomic E-state index is 12.2. The van der Waals surface area contributed by atoms with Gasteiger partial charge in [0.15, 0.2) is 5.82 Å². The molecule has 1 unspecified atom stereocenters. The van der Waals surface area contributed by atoms with Gasteiger partial charge in [-0.1, -0.05) is 18.2 Å². The molecule has 0 fully saturated rings. The van der Waals surface area contributed by atoms with Crippen LogP contribution >= 0.6 is 11.3 Å². The second-order valence-corrected chi connectivity index (χ2v) is 8.40. The number of hydrogen-bond acceptors (Lipinski definition) is 6. The average Bonchev–Trinajstić information content (AvgIpc) is 3.38. The number of benzene rings is 2. The summed E-state index contributed by atoms with van der Waals surface area (Å²) in [5.41, 5.74) is 2.99. The van der Waals surface area contributed by atoms with Crippen molar-refractivity contribution >= 4 is 28.0 Å². The van der Waals surface area contributed by atoms with E-state index in [1.165, 1.54) is 10.9 Å². The SMILES string of the molecule is Cc1nc(CC(=O)NCC2Cc3c(ccc4cc(-c5ncccn5)ccc34)O2)cs1. The molecule has 1 aliphatic rings. The summed E-state index contributed by atoms with van der Waals surface area (Å²) in [6.45, 7) is 2.42. The molecule has 2 aromatic carbocycles. The highest BCUT2D eigenvalue weighted by atomic mass is 32.1. The van der Waals surface area contributed by atoms with Crippen LogP contribution in [0, 0.1) is 6.92 Å². The fraction of sp³-hybridized carbons (Fsp3) is 0.217. The Morgan fingerprint density at radius 1 is 1.23 bits per heavy atom. The quantitative estimate of drug-likeness (QED) is 0.537. The Morgan fingerprint density at radius 2 is 2.10 bits per heavy atom. The number of nitrogens with one attached hydrogen (secondary N) is 1. The first-order valence-electron chi connectivity index (χ1n) is 9.83. The molecule has 150 valence electrons. The van der Waals surface area contributed by atoms with Gasteiger partial charge in [0, 0.05) is 35.3 Å². The summed E-state index contributed by atoms with van der Waals surface area (Å²) in [7, 11) is 0. The molecule has 7 heteroatoms. The molecule has 0 saturated carbocycles. The van der Waals surface area contributed by atoms with E-state index in [0.29, 0.717) is 18.8 Å². The van der Waals surface area contributed by atoms with Crippen molar-refractivity contribution in [3.63, 3.8) is 0 Å². The second kappa shape index (κ2) is 7.84. The van der Waals surface area contributed by atoms with E-state index in [2.05, 4.69) is 38.5 Å². The molecule has 0 radical (unpaired) electrons. The van der Waals surface area contributed by atoms with Gasteiger partial charge in [-0.2, -0.15) is 0 Å². The number of rotatable bonds is 5. The fourth-order valence-corrected chi connectivity index (χ4v) is 4.40. The minimum atomic E-state index is -0.0659. The van der Waals surface area contributed by atoms with Crippen molar-refractivity contribution in [1.29, 1.82) is 0 Å². The zero-order chi connectivity index (χ0) is 20.5. The van der Waals surface area contributed by atoms with E-state index >= 15 is 0 Å². The van der Waals surface area contributed by atoms with E-state index in [4.69, 9.17) is 4.74 Å². The predicted molar refractivity (Wildman–Crippen MR) is 117 cm³/mol. The van der Waals surface area contributed by atoms with Gasteiger partial charge in [-0.3, -0.25) is 4.79 Å². The zero-order valence-electron chi connectivity index (χ0n) is 16.5. The van der Waals surface area contributed by atoms with Crippen LogP contribution in [0.5, 0.6) is 5.75 Å². The van der Waals surface area contributed by atoms with Crippen LogP contribution in [0.1, 0.15) is 16.3 Å². The Labute approximate surface area is 178 Å². The third-order valence-corrected chi connectivity index (χ3v) is 6.00. The van der Waals surface area contributed by atoms with Crippen LogP contribution in [0.4, 0.5) is 0 Å². The third-order valence-electron chi connectivity index (χ3n) is 5.17. The lowest BCUT2D eigenvalue weighted by molar-refractivity contribution is -0.120. The topological polar surface area (TPSA) is 77.0 Å². The first-order chi connectivity index (χ1) is 14.7. The summed E-state index contributed by atoms with van der Waals surface area (Å²) in [5, 5.41) is 8.18. The molecule has 6 nitrogen and oxygen atoms in total. The standard InChI is InChI=1S/C23H20N4O2S/c1-14-27-17(13-30-14)10-22(28)26-12-18-11-20-19-5-3-16(23-24-7-2-8-25-23)9-15(19)4-6-21(20)29-18/h2-9,13,18H,10-12H2,1H3,(H,26,28). The van der Waals surface area contributed by atoms with Crippen LogP contribution in [-0.4, -0.2) is 33.5 Å². The van der Waals surface area contributed by atoms with E-state index in [0.717, 1.165) is 33.8 Å². The van der Waals surface area contributed by atoms with E-state index < -0.39 is 0 Å². The average molecular weight is 417 g/mol. The van der Waals surface area contributed by atoms with Gasteiger partial charge >= 0.3 is 0 Å². The summed E-state index contributed by atoms with van der Waals surface area (Å²) >= 11 is 1.56. The smallest absolute Gasteiger partial charge is 0.226 e. The molecule has 0 saturated heterocycles. The molecular formula is C23H20N4O2S. The molecule has 0 spiro atoms. The largest absolute Gasteiger partial charge is 0.488 e. The van der Waals surface area contributed by atoms with Crippen molar-refractivity contribution in [2.75, 3.05) is 6.54 Å². The molecule has 3 heterocycles. The Hall–Kier alpha value is -3.32. The summed E-state index contributed by atoms with van der Waals surface area (Å²) < 4.78 is 6.08. The number of hydrogen-bond donors (Lipinski definition) is 1. The van der Waals surface area contributed by atoms with Crippen LogP contribution < -0.4 is 10.1 Å². The number of carbonyl (C=O) groups is 1. The summed E-state index contributed by atoms with van der Waals surface area (Å²) in [6.07, 6.45) is 4.50. The highest BCUT2D eigenvalue weighted by Gasteiger charge is 2.25. The van der Waals surface area contributed by atoms with Gasteiger partial charge in [-0.25, -0.2) is 15.0 Å². The normalized spacial score (nSPS) is 15.0. The van der Waals surface area contributed by atoms with Gasteiger partial charge < -0.3 is 10.1 Å². The fourth-order valence-electron chi connectivity index (χ4n) is 3.79. The van der Waals surface area contributed by atoms with Crippen LogP contribution in [0.2, 0.25) is 0 Å². The number of aryl methyl sites for hydroxylation is 1. The van der Waals surface area contributed by atoms with Gasteiger partial charge in [0.2, 0.25) is 5.91 Å². The van der Waals surface area contributed by atoms with Gasteiger partial charge in [-0.15, -0.1) is 11.3 Å². The van der Waals surface area contributed by atoms with Crippen molar-refractivity contribution < 1.29 is 9.53 Å². The number of carbonyl (C=O) groups excluding carboxylic acids is 1. The molecule has 2 aromatic heterocycles. The number of thiazole rings is 1. The highest BCUT2D eigenvalue weighted by molar-refractivity contribution is 7.09. The van der Waals surface area contributed by atoms with Gasteiger partial charge in [0.1, 0.15) is 11.9 Å². The minimum absolute atomic E-state index is 0.0304. The Morgan fingerprint density at radius 3 is 2.90 bits per heavy atom. The third kappa shape index (κ3) is 3.76. The van der Waals surface area contributed by atoms with Crippen molar-refractivity contribution in [2.45, 2.75) is 25.9 Å². The number of aromatic nitrogens is 3. The molecule has 0 bridgehead atoms. The molecular weight excluding hydrogens is 396 g/mol. The second-order valence-electron chi connectivity index (χ2n) is 7.33. The number of amides is 1. The molecule has 0 aliphatic carbocycles. The Balaban J connectivity index is 1.28. The molecule has 1 amide bonds. The minimum Gasteiger partial charge on any atom is -0.488 e. The molecule has 1 atom stereocenters. The van der Waals surface area contributed by atoms with E-state index in [9.17, 15) is 4.79 Å². The lowest BCUT2D eigenvalue weighted by Gasteiger charge is -2.11. The van der Waals surface area contributed by atoms with Gasteiger partial charge in [0.25, 0.3) is 0 Å². The molecule has 30 heavy (non-hydrogen) atoms. The number of fused-ring (bicyclic) bond motifs is 3. The number of nitrogens with zero attached hydrogens (tertiary/aromatic N) is 3. The Kier molecular flexibility index (Phi) is 4.88. The zero-order valence-corrected chi connectivity index (χ0v) is 17.3. The first-order valence-corrected chi connectivity index (χ1v) is 10.7. The predicted octanol–water partition coefficient (Wildman–Crippen LogP) is 3.72. The van der Waals surface area contributed by atoms with E-state index in [1.54, 1.807) is 23.7 Å². The Bertz CT molecular complexity index is 1220. The molecule has 5 rings (SSSR count). The van der Waals surface area contributed by atoms with Crippen LogP contribution in [0.3, 0.4) is 0 Å². The molecule has 1 aliphatic heterocycles. The van der Waals surface area contributed by atoms with Crippen LogP contribution in [0.25, 0.3) is 22.2 Å². The van der Waals surface area contributed by atoms with Crippen LogP contribution in [0.15, 0.2) is 54.2 Å². The van der Waals surface area contributed by atoms with Gasteiger partial charge in [-0.05, 0) is 35.9 Å². The lowest BCUT2D eigenvalue weighted by Crippen LogP contribution is -2.35. The van der Waals surface area contributed by atoms with E-state index in [-0.39, 0.29) is 12.0 Å². The molecule has 4 aromatic rings.